The van der Waals surface area contributed by atoms with Crippen LogP contribution in [0.2, 0.25) is 5.02 Å². The first kappa shape index (κ1) is 16.0. The number of carbonyl (C=O) groups excluding carboxylic acids is 1. The van der Waals surface area contributed by atoms with Gasteiger partial charge in [-0.2, -0.15) is 0 Å². The molecule has 0 saturated heterocycles. The number of nitrogens with one attached hydrogen (secondary N) is 1. The summed E-state index contributed by atoms with van der Waals surface area (Å²) in [6.07, 6.45) is 0.967. The van der Waals surface area contributed by atoms with E-state index >= 15 is 0 Å². The van der Waals surface area contributed by atoms with Crippen molar-refractivity contribution < 1.29 is 4.79 Å². The van der Waals surface area contributed by atoms with Crippen LogP contribution in [0.3, 0.4) is 0 Å². The molecule has 3 rings (SSSR count). The third-order valence-electron chi connectivity index (χ3n) is 4.37. The summed E-state index contributed by atoms with van der Waals surface area (Å²) in [7, 11) is 2.15. The monoisotopic (exact) mass is 328 g/mol. The van der Waals surface area contributed by atoms with Crippen LogP contribution >= 0.6 is 11.6 Å². The van der Waals surface area contributed by atoms with E-state index in [2.05, 4.69) is 47.6 Å². The SMILES string of the molecule is CC(=O)Nc1cc2c(cc1Cl)CCN(C)C[C@@H]2c1ccccc1. The molecule has 4 heteroatoms. The minimum Gasteiger partial charge on any atom is -0.325 e. The van der Waals surface area contributed by atoms with Crippen LogP contribution in [0, 0.1) is 0 Å². The molecule has 1 aliphatic rings. The van der Waals surface area contributed by atoms with Crippen molar-refractivity contribution in [2.24, 2.45) is 0 Å². The van der Waals surface area contributed by atoms with Gasteiger partial charge in [-0.3, -0.25) is 4.79 Å². The first-order valence-corrected chi connectivity index (χ1v) is 8.26. The number of fused-ring (bicyclic) bond motifs is 1. The fourth-order valence-corrected chi connectivity index (χ4v) is 3.47. The van der Waals surface area contributed by atoms with Crippen LogP contribution in [0.25, 0.3) is 0 Å². The van der Waals surface area contributed by atoms with Gasteiger partial charge in [0, 0.05) is 25.9 Å². The summed E-state index contributed by atoms with van der Waals surface area (Å²) in [4.78, 5) is 13.8. The molecule has 2 aromatic carbocycles. The molecule has 0 saturated carbocycles. The normalized spacial score (nSPS) is 18.1. The zero-order valence-corrected chi connectivity index (χ0v) is 14.2. The van der Waals surface area contributed by atoms with E-state index in [-0.39, 0.29) is 11.8 Å². The number of hydrogen-bond acceptors (Lipinski definition) is 2. The Morgan fingerprint density at radius 3 is 2.70 bits per heavy atom. The van der Waals surface area contributed by atoms with Crippen LogP contribution in [0.15, 0.2) is 42.5 Å². The van der Waals surface area contributed by atoms with Crippen LogP contribution in [-0.4, -0.2) is 30.9 Å². The maximum absolute atomic E-state index is 11.4. The molecular weight excluding hydrogens is 308 g/mol. The van der Waals surface area contributed by atoms with Gasteiger partial charge in [0.15, 0.2) is 0 Å². The van der Waals surface area contributed by atoms with E-state index in [0.29, 0.717) is 10.7 Å². The lowest BCUT2D eigenvalue weighted by molar-refractivity contribution is -0.114. The molecule has 0 radical (unpaired) electrons. The Labute approximate surface area is 142 Å². The zero-order valence-electron chi connectivity index (χ0n) is 13.5. The molecule has 120 valence electrons. The van der Waals surface area contributed by atoms with Crippen molar-refractivity contribution in [1.29, 1.82) is 0 Å². The van der Waals surface area contributed by atoms with Crippen molar-refractivity contribution in [2.45, 2.75) is 19.3 Å². The van der Waals surface area contributed by atoms with Crippen molar-refractivity contribution in [1.82, 2.24) is 4.90 Å². The summed E-state index contributed by atoms with van der Waals surface area (Å²) in [6, 6.07) is 14.6. The number of rotatable bonds is 2. The van der Waals surface area contributed by atoms with E-state index in [1.807, 2.05) is 12.1 Å². The molecule has 0 unspecified atom stereocenters. The minimum absolute atomic E-state index is 0.103. The lowest BCUT2D eigenvalue weighted by atomic mass is 9.87. The van der Waals surface area contributed by atoms with Gasteiger partial charge >= 0.3 is 0 Å². The molecule has 0 spiro atoms. The van der Waals surface area contributed by atoms with E-state index in [9.17, 15) is 4.79 Å². The number of anilines is 1. The molecule has 2 aromatic rings. The number of hydrogen-bond donors (Lipinski definition) is 1. The van der Waals surface area contributed by atoms with Gasteiger partial charge in [0.25, 0.3) is 0 Å². The second-order valence-electron chi connectivity index (χ2n) is 6.19. The lowest BCUT2D eigenvalue weighted by Crippen LogP contribution is -2.24. The highest BCUT2D eigenvalue weighted by molar-refractivity contribution is 6.33. The molecule has 0 fully saturated rings. The van der Waals surface area contributed by atoms with E-state index in [1.54, 1.807) is 0 Å². The van der Waals surface area contributed by atoms with E-state index in [1.165, 1.54) is 23.6 Å². The van der Waals surface area contributed by atoms with Crippen molar-refractivity contribution >= 4 is 23.2 Å². The second-order valence-corrected chi connectivity index (χ2v) is 6.59. The summed E-state index contributed by atoms with van der Waals surface area (Å²) in [6.45, 7) is 3.47. The number of likely N-dealkylation sites (N-methyl/N-ethyl adjacent to an activating group) is 1. The van der Waals surface area contributed by atoms with Gasteiger partial charge in [0.1, 0.15) is 0 Å². The van der Waals surface area contributed by atoms with Crippen LogP contribution in [0.5, 0.6) is 0 Å². The third-order valence-corrected chi connectivity index (χ3v) is 4.69. The Balaban J connectivity index is 2.10. The summed E-state index contributed by atoms with van der Waals surface area (Å²) >= 11 is 6.36. The quantitative estimate of drug-likeness (QED) is 0.906. The second kappa shape index (κ2) is 6.73. The highest BCUT2D eigenvalue weighted by Gasteiger charge is 2.24. The maximum atomic E-state index is 11.4. The van der Waals surface area contributed by atoms with Crippen LogP contribution in [-0.2, 0) is 11.2 Å². The van der Waals surface area contributed by atoms with Crippen molar-refractivity contribution in [3.63, 3.8) is 0 Å². The summed E-state index contributed by atoms with van der Waals surface area (Å²) in [5, 5.41) is 3.45. The number of nitrogens with zero attached hydrogens (tertiary/aromatic N) is 1. The van der Waals surface area contributed by atoms with Gasteiger partial charge in [0.2, 0.25) is 5.91 Å². The van der Waals surface area contributed by atoms with Crippen LogP contribution in [0.1, 0.15) is 29.5 Å². The standard InChI is InChI=1S/C19H21ClN2O/c1-13(23)21-19-11-16-15(10-18(19)20)8-9-22(2)12-17(16)14-6-4-3-5-7-14/h3-7,10-11,17H,8-9,12H2,1-2H3,(H,21,23)/t17-/m1/s1. The van der Waals surface area contributed by atoms with Crippen molar-refractivity contribution in [2.75, 3.05) is 25.5 Å². The number of halogens is 1. The predicted octanol–water partition coefficient (Wildman–Crippen LogP) is 3.92. The maximum Gasteiger partial charge on any atom is 0.221 e. The van der Waals surface area contributed by atoms with E-state index in [4.69, 9.17) is 11.6 Å². The highest BCUT2D eigenvalue weighted by atomic mass is 35.5. The van der Waals surface area contributed by atoms with Gasteiger partial charge in [-0.15, -0.1) is 0 Å². The molecule has 0 aromatic heterocycles. The van der Waals surface area contributed by atoms with Crippen LogP contribution in [0.4, 0.5) is 5.69 Å². The number of amides is 1. The highest BCUT2D eigenvalue weighted by Crippen LogP contribution is 2.36. The Morgan fingerprint density at radius 1 is 1.26 bits per heavy atom. The Morgan fingerprint density at radius 2 is 2.00 bits per heavy atom. The van der Waals surface area contributed by atoms with Gasteiger partial charge in [-0.1, -0.05) is 41.9 Å². The fraction of sp³-hybridized carbons (Fsp3) is 0.316. The Bertz CT molecular complexity index is 715. The lowest BCUT2D eigenvalue weighted by Gasteiger charge is -2.23. The minimum atomic E-state index is -0.103. The van der Waals surface area contributed by atoms with Crippen LogP contribution < -0.4 is 5.32 Å². The molecule has 0 aliphatic carbocycles. The fourth-order valence-electron chi connectivity index (χ4n) is 3.24. The van der Waals surface area contributed by atoms with E-state index < -0.39 is 0 Å². The third kappa shape index (κ3) is 3.57. The summed E-state index contributed by atoms with van der Waals surface area (Å²) < 4.78 is 0. The Kier molecular flexibility index (Phi) is 4.69. The molecule has 1 atom stereocenters. The van der Waals surface area contributed by atoms with Crippen molar-refractivity contribution in [3.05, 3.63) is 64.2 Å². The molecular formula is C19H21ClN2O. The zero-order chi connectivity index (χ0) is 16.4. The number of benzene rings is 2. The molecule has 1 amide bonds. The number of carbonyl (C=O) groups is 1. The first-order valence-electron chi connectivity index (χ1n) is 7.88. The Hall–Kier alpha value is -1.84. The van der Waals surface area contributed by atoms with Gasteiger partial charge < -0.3 is 10.2 Å². The van der Waals surface area contributed by atoms with Gasteiger partial charge in [-0.25, -0.2) is 0 Å². The molecule has 1 N–H and O–H groups in total. The average molecular weight is 329 g/mol. The summed E-state index contributed by atoms with van der Waals surface area (Å²) in [5.74, 6) is 0.178. The van der Waals surface area contributed by atoms with Crippen molar-refractivity contribution in [3.8, 4) is 0 Å². The molecule has 0 bridgehead atoms. The predicted molar refractivity (Wildman–Crippen MR) is 95.2 cm³/mol. The topological polar surface area (TPSA) is 32.3 Å². The molecule has 1 heterocycles. The molecule has 1 aliphatic heterocycles. The smallest absolute Gasteiger partial charge is 0.221 e. The largest absolute Gasteiger partial charge is 0.325 e. The average Bonchev–Trinajstić information content (AvgIpc) is 2.68. The van der Waals surface area contributed by atoms with E-state index in [0.717, 1.165) is 19.5 Å². The molecule has 23 heavy (non-hydrogen) atoms. The summed E-state index contributed by atoms with van der Waals surface area (Å²) in [5.41, 5.74) is 4.51. The van der Waals surface area contributed by atoms with Gasteiger partial charge in [0.05, 0.1) is 10.7 Å². The molecule has 3 nitrogen and oxygen atoms in total. The first-order chi connectivity index (χ1) is 11.0. The van der Waals surface area contributed by atoms with Gasteiger partial charge in [-0.05, 0) is 42.3 Å².